The summed E-state index contributed by atoms with van der Waals surface area (Å²) in [4.78, 5) is 46.0. The molecule has 11 nitrogen and oxygen atoms in total. The van der Waals surface area contributed by atoms with Crippen LogP contribution in [0.25, 0.3) is 0 Å². The molecule has 0 spiro atoms. The summed E-state index contributed by atoms with van der Waals surface area (Å²) in [6.07, 6.45) is -0.460. The van der Waals surface area contributed by atoms with Gasteiger partial charge < -0.3 is 15.4 Å². The Kier molecular flexibility index (Phi) is 9.07. The summed E-state index contributed by atoms with van der Waals surface area (Å²) in [6.45, 7) is 5.13. The van der Waals surface area contributed by atoms with E-state index in [-0.39, 0.29) is 23.9 Å². The van der Waals surface area contributed by atoms with Gasteiger partial charge in [0.1, 0.15) is 11.6 Å². The zero-order valence-electron chi connectivity index (χ0n) is 18.9. The average Bonchev–Trinajstić information content (AvgIpc) is 2.73. The molecule has 0 radical (unpaired) electrons. The van der Waals surface area contributed by atoms with Crippen molar-refractivity contribution < 1.29 is 24.2 Å². The van der Waals surface area contributed by atoms with Crippen LogP contribution in [0.15, 0.2) is 46.9 Å². The first kappa shape index (κ1) is 26.7. The smallest absolute Gasteiger partial charge is 0.408 e. The maximum atomic E-state index is 12.9. The van der Waals surface area contributed by atoms with Crippen LogP contribution in [-0.4, -0.2) is 40.0 Å². The Morgan fingerprint density at radius 2 is 1.74 bits per heavy atom. The van der Waals surface area contributed by atoms with Gasteiger partial charge in [-0.2, -0.15) is 0 Å². The number of rotatable bonds is 9. The Labute approximate surface area is 204 Å². The molecule has 0 heterocycles. The van der Waals surface area contributed by atoms with E-state index in [1.54, 1.807) is 20.8 Å². The van der Waals surface area contributed by atoms with Crippen LogP contribution in [0.2, 0.25) is 0 Å². The Balaban J connectivity index is 2.13. The number of hydrogen-bond donors (Lipinski definition) is 2. The number of nitrogens with one attached hydrogen (secondary N) is 2. The van der Waals surface area contributed by atoms with Crippen molar-refractivity contribution in [1.29, 1.82) is 0 Å². The Bertz CT molecular complexity index is 1070. The number of nitro benzene ring substituents is 2. The van der Waals surface area contributed by atoms with E-state index in [9.17, 15) is 29.8 Å². The average molecular weight is 537 g/mol. The number of ether oxygens (including phenoxy) is 1. The fourth-order valence-electron chi connectivity index (χ4n) is 3.02. The molecule has 0 saturated heterocycles. The molecule has 0 aliphatic carbocycles. The van der Waals surface area contributed by atoms with Crippen LogP contribution in [-0.2, 0) is 22.4 Å². The number of carbonyl (C=O) groups excluding carboxylic acids is 2. The third-order valence-electron chi connectivity index (χ3n) is 4.50. The SMILES string of the molecule is CC(C)(C)OC(=O)N[C@@H](Cc1ccccc1)C(=O)NCCc1cc([N+](=O)[O-])cc([N+](=O)[O-])c1Br. The van der Waals surface area contributed by atoms with Gasteiger partial charge in [0.25, 0.3) is 11.4 Å². The molecule has 2 amide bonds. The first-order valence-corrected chi connectivity index (χ1v) is 11.1. The second-order valence-corrected chi connectivity index (χ2v) is 9.17. The van der Waals surface area contributed by atoms with E-state index >= 15 is 0 Å². The van der Waals surface area contributed by atoms with Gasteiger partial charge in [0, 0.05) is 19.0 Å². The molecule has 0 aromatic heterocycles. The largest absolute Gasteiger partial charge is 0.444 e. The highest BCUT2D eigenvalue weighted by molar-refractivity contribution is 9.10. The fourth-order valence-corrected chi connectivity index (χ4v) is 3.60. The molecule has 0 fully saturated rings. The topological polar surface area (TPSA) is 154 Å². The van der Waals surface area contributed by atoms with Crippen LogP contribution < -0.4 is 10.6 Å². The zero-order valence-corrected chi connectivity index (χ0v) is 20.5. The van der Waals surface area contributed by atoms with Crippen molar-refractivity contribution in [2.75, 3.05) is 6.54 Å². The molecule has 12 heteroatoms. The number of alkyl carbamates (subject to hydrolysis) is 1. The summed E-state index contributed by atoms with van der Waals surface area (Å²) in [7, 11) is 0. The third kappa shape index (κ3) is 8.10. The summed E-state index contributed by atoms with van der Waals surface area (Å²) in [5, 5.41) is 27.6. The molecule has 0 aliphatic heterocycles. The highest BCUT2D eigenvalue weighted by atomic mass is 79.9. The maximum absolute atomic E-state index is 12.9. The molecule has 182 valence electrons. The monoisotopic (exact) mass is 536 g/mol. The number of nitro groups is 2. The van der Waals surface area contributed by atoms with Gasteiger partial charge in [0.2, 0.25) is 5.91 Å². The second-order valence-electron chi connectivity index (χ2n) is 8.38. The first-order chi connectivity index (χ1) is 15.9. The van der Waals surface area contributed by atoms with Crippen molar-refractivity contribution in [3.05, 3.63) is 78.3 Å². The van der Waals surface area contributed by atoms with E-state index in [4.69, 9.17) is 4.74 Å². The van der Waals surface area contributed by atoms with Crippen molar-refractivity contribution in [1.82, 2.24) is 10.6 Å². The molecule has 2 N–H and O–H groups in total. The molecule has 2 aromatic rings. The molecule has 2 rings (SSSR count). The van der Waals surface area contributed by atoms with Gasteiger partial charge in [-0.15, -0.1) is 0 Å². The summed E-state index contributed by atoms with van der Waals surface area (Å²) < 4.78 is 5.35. The Morgan fingerprint density at radius 1 is 1.09 bits per heavy atom. The van der Waals surface area contributed by atoms with Gasteiger partial charge in [-0.1, -0.05) is 30.3 Å². The third-order valence-corrected chi connectivity index (χ3v) is 5.42. The summed E-state index contributed by atoms with van der Waals surface area (Å²) in [6, 6.07) is 10.2. The molecule has 34 heavy (non-hydrogen) atoms. The van der Waals surface area contributed by atoms with Crippen LogP contribution in [0, 0.1) is 20.2 Å². The minimum Gasteiger partial charge on any atom is -0.444 e. The van der Waals surface area contributed by atoms with E-state index in [1.165, 1.54) is 6.07 Å². The predicted octanol–water partition coefficient (Wildman–Crippen LogP) is 4.06. The van der Waals surface area contributed by atoms with Crippen molar-refractivity contribution in [2.24, 2.45) is 0 Å². The quantitative estimate of drug-likeness (QED) is 0.361. The minimum absolute atomic E-state index is 0.0248. The lowest BCUT2D eigenvalue weighted by atomic mass is 10.1. The summed E-state index contributed by atoms with van der Waals surface area (Å²) in [5.41, 5.74) is -0.508. The van der Waals surface area contributed by atoms with E-state index in [0.29, 0.717) is 5.56 Å². The molecule has 1 atom stereocenters. The fraction of sp³-hybridized carbons (Fsp3) is 0.364. The van der Waals surface area contributed by atoms with Crippen LogP contribution in [0.5, 0.6) is 0 Å². The van der Waals surface area contributed by atoms with Crippen LogP contribution >= 0.6 is 15.9 Å². The number of carbonyl (C=O) groups is 2. The van der Waals surface area contributed by atoms with E-state index < -0.39 is 44.9 Å². The standard InChI is InChI=1S/C22H25BrN4O7/c1-22(2,3)34-21(29)25-17(11-14-7-5-4-6-8-14)20(28)24-10-9-15-12-16(26(30)31)13-18(19(15)23)27(32)33/h4-8,12-13,17H,9-11H2,1-3H3,(H,24,28)(H,25,29)/t17-/m0/s1. The van der Waals surface area contributed by atoms with Gasteiger partial charge in [-0.3, -0.25) is 25.0 Å². The van der Waals surface area contributed by atoms with Crippen molar-refractivity contribution in [2.45, 2.75) is 45.3 Å². The second kappa shape index (κ2) is 11.5. The van der Waals surface area contributed by atoms with Gasteiger partial charge in [-0.25, -0.2) is 4.79 Å². The van der Waals surface area contributed by atoms with Gasteiger partial charge in [0.15, 0.2) is 0 Å². The van der Waals surface area contributed by atoms with Gasteiger partial charge in [0.05, 0.1) is 20.4 Å². The molecular weight excluding hydrogens is 512 g/mol. The Morgan fingerprint density at radius 3 is 2.29 bits per heavy atom. The highest BCUT2D eigenvalue weighted by Crippen LogP contribution is 2.33. The summed E-state index contributed by atoms with van der Waals surface area (Å²) >= 11 is 3.12. The first-order valence-electron chi connectivity index (χ1n) is 10.3. The number of halogens is 1. The van der Waals surface area contributed by atoms with Crippen LogP contribution in [0.1, 0.15) is 31.9 Å². The molecule has 0 saturated carbocycles. The maximum Gasteiger partial charge on any atom is 0.408 e. The molecular formula is C22H25BrN4O7. The predicted molar refractivity (Wildman–Crippen MR) is 127 cm³/mol. The Hall–Kier alpha value is -3.54. The van der Waals surface area contributed by atoms with Crippen LogP contribution in [0.4, 0.5) is 16.2 Å². The van der Waals surface area contributed by atoms with Gasteiger partial charge in [-0.05, 0) is 54.2 Å². The molecule has 0 unspecified atom stereocenters. The van der Waals surface area contributed by atoms with Crippen molar-refractivity contribution in [3.63, 3.8) is 0 Å². The normalized spacial score (nSPS) is 11.9. The zero-order chi connectivity index (χ0) is 25.5. The number of non-ortho nitro benzene ring substituents is 1. The number of nitrogens with zero attached hydrogens (tertiary/aromatic N) is 2. The molecule has 0 bridgehead atoms. The van der Waals surface area contributed by atoms with Crippen LogP contribution in [0.3, 0.4) is 0 Å². The highest BCUT2D eigenvalue weighted by Gasteiger charge is 2.26. The lowest BCUT2D eigenvalue weighted by molar-refractivity contribution is -0.394. The lowest BCUT2D eigenvalue weighted by Crippen LogP contribution is -2.49. The molecule has 0 aliphatic rings. The number of amides is 2. The van der Waals surface area contributed by atoms with E-state index in [0.717, 1.165) is 11.6 Å². The number of benzene rings is 2. The van der Waals surface area contributed by atoms with Crippen molar-refractivity contribution in [3.8, 4) is 0 Å². The molecule has 2 aromatic carbocycles. The van der Waals surface area contributed by atoms with Crippen molar-refractivity contribution >= 4 is 39.3 Å². The minimum atomic E-state index is -0.944. The van der Waals surface area contributed by atoms with Gasteiger partial charge >= 0.3 is 6.09 Å². The lowest BCUT2D eigenvalue weighted by Gasteiger charge is -2.23. The number of hydrogen-bond acceptors (Lipinski definition) is 7. The van der Waals surface area contributed by atoms with E-state index in [2.05, 4.69) is 26.6 Å². The summed E-state index contributed by atoms with van der Waals surface area (Å²) in [5.74, 6) is -0.495. The van der Waals surface area contributed by atoms with E-state index in [1.807, 2.05) is 30.3 Å².